The number of aromatic nitrogens is 2. The fourth-order valence-electron chi connectivity index (χ4n) is 5.32. The predicted octanol–water partition coefficient (Wildman–Crippen LogP) is 6.58. The molecule has 2 heterocycles. The molecule has 0 aliphatic carbocycles. The first kappa shape index (κ1) is 23.2. The van der Waals surface area contributed by atoms with E-state index < -0.39 is 0 Å². The molecule has 180 valence electrons. The van der Waals surface area contributed by atoms with Crippen LogP contribution in [0.5, 0.6) is 0 Å². The van der Waals surface area contributed by atoms with E-state index in [9.17, 15) is 9.59 Å². The second-order valence-electron chi connectivity index (χ2n) is 9.33. The molecule has 0 aliphatic heterocycles. The van der Waals surface area contributed by atoms with Crippen molar-refractivity contribution < 1.29 is 0 Å². The zero-order valence-electron chi connectivity index (χ0n) is 20.9. The molecule has 2 aromatic heterocycles. The van der Waals surface area contributed by atoms with Crippen molar-refractivity contribution in [2.75, 3.05) is 18.0 Å². The predicted molar refractivity (Wildman–Crippen MR) is 149 cm³/mol. The molecule has 1 N–H and O–H groups in total. The van der Waals surface area contributed by atoms with Crippen LogP contribution in [-0.4, -0.2) is 22.6 Å². The van der Waals surface area contributed by atoms with Gasteiger partial charge in [-0.05, 0) is 50.1 Å². The Bertz CT molecular complexity index is 1650. The molecule has 0 bridgehead atoms. The number of hydrogen-bond donors (Lipinski definition) is 1. The lowest BCUT2D eigenvalue weighted by molar-refractivity contribution is 0.680. The fraction of sp³-hybridized carbons (Fsp3) is 0.333. The van der Waals surface area contributed by atoms with E-state index >= 15 is 0 Å². The topological polar surface area (TPSA) is 58.1 Å². The second-order valence-corrected chi connectivity index (χ2v) is 9.33. The van der Waals surface area contributed by atoms with Crippen LogP contribution in [0, 0.1) is 0 Å². The number of unbranched alkanes of at least 4 members (excludes halogenated alkanes) is 2. The molecule has 0 radical (unpaired) electrons. The van der Waals surface area contributed by atoms with Crippen molar-refractivity contribution in [1.82, 2.24) is 9.55 Å². The molecule has 35 heavy (non-hydrogen) atoms. The van der Waals surface area contributed by atoms with Crippen LogP contribution in [0.2, 0.25) is 0 Å². The van der Waals surface area contributed by atoms with Crippen LogP contribution in [0.15, 0.2) is 64.2 Å². The van der Waals surface area contributed by atoms with Gasteiger partial charge in [-0.15, -0.1) is 0 Å². The van der Waals surface area contributed by atoms with E-state index in [1.807, 2.05) is 54.6 Å². The van der Waals surface area contributed by atoms with Crippen molar-refractivity contribution in [3.8, 4) is 0 Å². The van der Waals surface area contributed by atoms with Gasteiger partial charge in [-0.1, -0.05) is 51.0 Å². The Labute approximate surface area is 205 Å². The minimum Gasteiger partial charge on any atom is -0.369 e. The van der Waals surface area contributed by atoms with Gasteiger partial charge in [0.2, 0.25) is 0 Å². The summed E-state index contributed by atoms with van der Waals surface area (Å²) < 4.78 is 2.18. The smallest absolute Gasteiger partial charge is 0.199 e. The molecule has 0 aliphatic rings. The van der Waals surface area contributed by atoms with Gasteiger partial charge >= 0.3 is 0 Å². The van der Waals surface area contributed by atoms with Gasteiger partial charge in [0.15, 0.2) is 10.9 Å². The van der Waals surface area contributed by atoms with Crippen LogP contribution in [0.25, 0.3) is 43.6 Å². The number of para-hydroxylation sites is 2. The van der Waals surface area contributed by atoms with Crippen LogP contribution in [0.3, 0.4) is 0 Å². The summed E-state index contributed by atoms with van der Waals surface area (Å²) in [5.41, 5.74) is 4.22. The van der Waals surface area contributed by atoms with E-state index in [4.69, 9.17) is 0 Å². The molecule has 5 aromatic rings. The van der Waals surface area contributed by atoms with Gasteiger partial charge in [-0.2, -0.15) is 0 Å². The number of nitrogens with one attached hydrogen (secondary N) is 1. The number of H-pyrrole nitrogens is 1. The third-order valence-electron chi connectivity index (χ3n) is 7.11. The first-order valence-electron chi connectivity index (χ1n) is 12.9. The SMILES string of the molecule is CCCCN(CCCC)c1c2[nH]c3ccccc3c(=O)c2cc2c1c(=O)c1ccccc1n2CC. The quantitative estimate of drug-likeness (QED) is 0.262. The molecule has 0 saturated heterocycles. The van der Waals surface area contributed by atoms with E-state index in [-0.39, 0.29) is 10.9 Å². The average molecular weight is 468 g/mol. The van der Waals surface area contributed by atoms with Gasteiger partial charge in [-0.3, -0.25) is 9.59 Å². The minimum atomic E-state index is 0.00620. The molecular formula is C30H33N3O2. The summed E-state index contributed by atoms with van der Waals surface area (Å²) in [6.45, 7) is 8.86. The molecule has 0 fully saturated rings. The number of hydrogen-bond acceptors (Lipinski definition) is 3. The molecule has 0 saturated carbocycles. The van der Waals surface area contributed by atoms with E-state index in [0.29, 0.717) is 22.7 Å². The third kappa shape index (κ3) is 3.79. The number of fused-ring (bicyclic) bond motifs is 4. The van der Waals surface area contributed by atoms with E-state index in [0.717, 1.165) is 71.9 Å². The summed E-state index contributed by atoms with van der Waals surface area (Å²) in [5, 5.41) is 2.74. The first-order chi connectivity index (χ1) is 17.1. The van der Waals surface area contributed by atoms with Crippen molar-refractivity contribution in [3.05, 3.63) is 75.0 Å². The number of aromatic amines is 1. The number of benzene rings is 3. The monoisotopic (exact) mass is 467 g/mol. The summed E-state index contributed by atoms with van der Waals surface area (Å²) in [6.07, 6.45) is 4.17. The van der Waals surface area contributed by atoms with E-state index in [1.165, 1.54) is 0 Å². The molecule has 5 heteroatoms. The number of anilines is 1. The van der Waals surface area contributed by atoms with Gasteiger partial charge in [0, 0.05) is 35.9 Å². The highest BCUT2D eigenvalue weighted by atomic mass is 16.1. The van der Waals surface area contributed by atoms with Crippen LogP contribution < -0.4 is 15.8 Å². The Balaban J connectivity index is 2.04. The average Bonchev–Trinajstić information content (AvgIpc) is 2.89. The summed E-state index contributed by atoms with van der Waals surface area (Å²) in [7, 11) is 0. The molecule has 0 atom stereocenters. The van der Waals surface area contributed by atoms with Gasteiger partial charge < -0.3 is 14.5 Å². The van der Waals surface area contributed by atoms with Crippen molar-refractivity contribution in [1.29, 1.82) is 0 Å². The Hall–Kier alpha value is -3.60. The summed E-state index contributed by atoms with van der Waals surface area (Å²) in [4.78, 5) is 33.8. The Kier molecular flexibility index (Phi) is 6.33. The third-order valence-corrected chi connectivity index (χ3v) is 7.11. The van der Waals surface area contributed by atoms with Gasteiger partial charge in [0.25, 0.3) is 0 Å². The second kappa shape index (κ2) is 9.57. The molecule has 0 amide bonds. The van der Waals surface area contributed by atoms with Gasteiger partial charge in [0.05, 0.1) is 33.0 Å². The summed E-state index contributed by atoms with van der Waals surface area (Å²) in [6, 6.07) is 17.4. The number of nitrogens with zero attached hydrogens (tertiary/aromatic N) is 2. The van der Waals surface area contributed by atoms with E-state index in [1.54, 1.807) is 0 Å². The molecular weight excluding hydrogens is 434 g/mol. The van der Waals surface area contributed by atoms with Crippen molar-refractivity contribution in [2.45, 2.75) is 53.0 Å². The van der Waals surface area contributed by atoms with Gasteiger partial charge in [0.1, 0.15) is 0 Å². The maximum absolute atomic E-state index is 14.1. The molecule has 5 rings (SSSR count). The zero-order chi connectivity index (χ0) is 24.5. The standard InChI is InChI=1S/C30H33N3O2/c1-4-7-17-32(18-8-5-2)28-26-25(33(6-3)24-16-12-10-14-21(24)30(26)35)19-22-27(28)31-23-15-11-9-13-20(23)29(22)34/h9-16,19H,4-8,17-18H2,1-3H3,(H,31,34). The van der Waals surface area contributed by atoms with Crippen LogP contribution in [0.4, 0.5) is 5.69 Å². The molecule has 3 aromatic carbocycles. The zero-order valence-corrected chi connectivity index (χ0v) is 20.9. The lowest BCUT2D eigenvalue weighted by Gasteiger charge is -2.28. The van der Waals surface area contributed by atoms with Crippen LogP contribution in [-0.2, 0) is 6.54 Å². The number of rotatable bonds is 8. The Morgan fingerprint density at radius 2 is 1.43 bits per heavy atom. The lowest BCUT2D eigenvalue weighted by Crippen LogP contribution is -2.28. The highest BCUT2D eigenvalue weighted by molar-refractivity contribution is 6.13. The number of pyridine rings is 2. The van der Waals surface area contributed by atoms with E-state index in [2.05, 4.69) is 35.2 Å². The highest BCUT2D eigenvalue weighted by Gasteiger charge is 2.22. The van der Waals surface area contributed by atoms with Crippen molar-refractivity contribution in [3.63, 3.8) is 0 Å². The minimum absolute atomic E-state index is 0.00620. The highest BCUT2D eigenvalue weighted by Crippen LogP contribution is 2.35. The van der Waals surface area contributed by atoms with Crippen LogP contribution >= 0.6 is 0 Å². The normalized spacial score (nSPS) is 11.7. The maximum Gasteiger partial charge on any atom is 0.199 e. The number of aryl methyl sites for hydroxylation is 1. The van der Waals surface area contributed by atoms with Crippen molar-refractivity contribution >= 4 is 49.3 Å². The summed E-state index contributed by atoms with van der Waals surface area (Å²) >= 11 is 0. The fourth-order valence-corrected chi connectivity index (χ4v) is 5.32. The van der Waals surface area contributed by atoms with Crippen molar-refractivity contribution in [2.24, 2.45) is 0 Å². The largest absolute Gasteiger partial charge is 0.369 e. The Morgan fingerprint density at radius 3 is 2.11 bits per heavy atom. The van der Waals surface area contributed by atoms with Gasteiger partial charge in [-0.25, -0.2) is 0 Å². The first-order valence-corrected chi connectivity index (χ1v) is 12.9. The molecule has 5 nitrogen and oxygen atoms in total. The lowest BCUT2D eigenvalue weighted by atomic mass is 10.0. The maximum atomic E-state index is 14.1. The summed E-state index contributed by atoms with van der Waals surface area (Å²) in [5.74, 6) is 0. The molecule has 0 unspecified atom stereocenters. The Morgan fingerprint density at radius 1 is 0.771 bits per heavy atom. The molecule has 0 spiro atoms. The van der Waals surface area contributed by atoms with Crippen LogP contribution in [0.1, 0.15) is 46.5 Å².